The minimum absolute atomic E-state index is 0.0319. The van der Waals surface area contributed by atoms with Crippen LogP contribution in [-0.4, -0.2) is 49.5 Å². The lowest BCUT2D eigenvalue weighted by atomic mass is 9.60. The molecule has 2 heterocycles. The van der Waals surface area contributed by atoms with Gasteiger partial charge >= 0.3 is 0 Å². The third kappa shape index (κ3) is 2.02. The number of hydrogen-bond acceptors (Lipinski definition) is 3. The van der Waals surface area contributed by atoms with E-state index in [4.69, 9.17) is 4.74 Å². The molecule has 17 heavy (non-hydrogen) atoms. The van der Waals surface area contributed by atoms with Crippen molar-refractivity contribution in [1.82, 2.24) is 4.90 Å². The van der Waals surface area contributed by atoms with Crippen LogP contribution in [-0.2, 0) is 4.74 Å². The Kier molecular flexibility index (Phi) is 3.18. The number of rotatable bonds is 2. The van der Waals surface area contributed by atoms with Crippen molar-refractivity contribution in [2.75, 3.05) is 33.4 Å². The van der Waals surface area contributed by atoms with E-state index in [1.807, 2.05) is 0 Å². The molecule has 1 unspecified atom stereocenters. The summed E-state index contributed by atoms with van der Waals surface area (Å²) in [5.74, 6) is 1.64. The molecule has 3 aliphatic rings. The van der Waals surface area contributed by atoms with E-state index in [0.717, 1.165) is 37.9 Å². The van der Waals surface area contributed by atoms with E-state index >= 15 is 0 Å². The molecule has 0 radical (unpaired) electrons. The summed E-state index contributed by atoms with van der Waals surface area (Å²) in [6.45, 7) is 4.46. The van der Waals surface area contributed by atoms with Crippen molar-refractivity contribution >= 4 is 0 Å². The van der Waals surface area contributed by atoms with E-state index in [-0.39, 0.29) is 6.10 Å². The predicted molar refractivity (Wildman–Crippen MR) is 66.8 cm³/mol. The van der Waals surface area contributed by atoms with Crippen LogP contribution in [0.3, 0.4) is 0 Å². The molecule has 0 spiro atoms. The highest BCUT2D eigenvalue weighted by molar-refractivity contribution is 5.01. The maximum atomic E-state index is 9.65. The SMILES string of the molecule is CN1CCC(C2(C3CCC(O)CC3)COC2)C1. The van der Waals surface area contributed by atoms with Gasteiger partial charge in [0.15, 0.2) is 0 Å². The molecule has 1 N–H and O–H groups in total. The summed E-state index contributed by atoms with van der Waals surface area (Å²) in [5.41, 5.74) is 0.463. The normalized spacial score (nSPS) is 42.4. The van der Waals surface area contributed by atoms with Gasteiger partial charge in [0, 0.05) is 12.0 Å². The summed E-state index contributed by atoms with van der Waals surface area (Å²) in [5, 5.41) is 9.65. The van der Waals surface area contributed by atoms with Gasteiger partial charge in [-0.25, -0.2) is 0 Å². The van der Waals surface area contributed by atoms with Gasteiger partial charge < -0.3 is 14.7 Å². The van der Waals surface area contributed by atoms with E-state index < -0.39 is 0 Å². The summed E-state index contributed by atoms with van der Waals surface area (Å²) in [6.07, 6.45) is 5.76. The van der Waals surface area contributed by atoms with Gasteiger partial charge in [-0.3, -0.25) is 0 Å². The van der Waals surface area contributed by atoms with Gasteiger partial charge in [0.05, 0.1) is 19.3 Å². The van der Waals surface area contributed by atoms with Crippen molar-refractivity contribution in [3.05, 3.63) is 0 Å². The van der Waals surface area contributed by atoms with Crippen molar-refractivity contribution in [1.29, 1.82) is 0 Å². The molecule has 3 fully saturated rings. The first kappa shape index (κ1) is 11.9. The Bertz CT molecular complexity index is 269. The van der Waals surface area contributed by atoms with E-state index in [2.05, 4.69) is 11.9 Å². The maximum absolute atomic E-state index is 9.65. The summed E-state index contributed by atoms with van der Waals surface area (Å²) in [7, 11) is 2.23. The van der Waals surface area contributed by atoms with Crippen LogP contribution in [0.5, 0.6) is 0 Å². The lowest BCUT2D eigenvalue weighted by Gasteiger charge is -2.53. The van der Waals surface area contributed by atoms with Crippen molar-refractivity contribution < 1.29 is 9.84 Å². The molecule has 3 rings (SSSR count). The standard InChI is InChI=1S/C14H25NO2/c1-15-7-6-12(8-15)14(9-17-10-14)11-2-4-13(16)5-3-11/h11-13,16H,2-10H2,1H3. The zero-order valence-electron chi connectivity index (χ0n) is 10.9. The van der Waals surface area contributed by atoms with Crippen LogP contribution in [0.4, 0.5) is 0 Å². The predicted octanol–water partition coefficient (Wildman–Crippen LogP) is 1.51. The molecule has 3 heteroatoms. The van der Waals surface area contributed by atoms with Crippen LogP contribution in [0.2, 0.25) is 0 Å². The number of hydrogen-bond donors (Lipinski definition) is 1. The lowest BCUT2D eigenvalue weighted by Crippen LogP contribution is -2.55. The highest BCUT2D eigenvalue weighted by Crippen LogP contribution is 2.51. The fourth-order valence-corrected chi connectivity index (χ4v) is 4.20. The largest absolute Gasteiger partial charge is 0.393 e. The van der Waals surface area contributed by atoms with Gasteiger partial charge in [0.2, 0.25) is 0 Å². The van der Waals surface area contributed by atoms with Crippen molar-refractivity contribution in [2.45, 2.75) is 38.2 Å². The third-order valence-electron chi connectivity index (χ3n) is 5.46. The van der Waals surface area contributed by atoms with Crippen LogP contribution < -0.4 is 0 Å². The van der Waals surface area contributed by atoms with Crippen LogP contribution in [0.1, 0.15) is 32.1 Å². The quantitative estimate of drug-likeness (QED) is 0.793. The van der Waals surface area contributed by atoms with Gasteiger partial charge in [0.25, 0.3) is 0 Å². The monoisotopic (exact) mass is 239 g/mol. The van der Waals surface area contributed by atoms with Gasteiger partial charge in [-0.15, -0.1) is 0 Å². The van der Waals surface area contributed by atoms with Crippen LogP contribution in [0.25, 0.3) is 0 Å². The Morgan fingerprint density at radius 2 is 1.76 bits per heavy atom. The highest BCUT2D eigenvalue weighted by atomic mass is 16.5. The van der Waals surface area contributed by atoms with E-state index in [1.165, 1.54) is 32.4 Å². The smallest absolute Gasteiger partial charge is 0.0550 e. The Labute approximate surface area is 104 Å². The Morgan fingerprint density at radius 1 is 1.06 bits per heavy atom. The maximum Gasteiger partial charge on any atom is 0.0550 e. The zero-order chi connectivity index (χ0) is 11.9. The minimum atomic E-state index is -0.0319. The Balaban J connectivity index is 1.69. The molecule has 2 aliphatic heterocycles. The first-order valence-electron chi connectivity index (χ1n) is 7.15. The second-order valence-corrected chi connectivity index (χ2v) is 6.48. The third-order valence-corrected chi connectivity index (χ3v) is 5.46. The van der Waals surface area contributed by atoms with Gasteiger partial charge in [-0.05, 0) is 57.5 Å². The average molecular weight is 239 g/mol. The van der Waals surface area contributed by atoms with E-state index in [1.54, 1.807) is 0 Å². The number of ether oxygens (including phenoxy) is 1. The van der Waals surface area contributed by atoms with Crippen molar-refractivity contribution in [3.8, 4) is 0 Å². The molecule has 1 aliphatic carbocycles. The topological polar surface area (TPSA) is 32.7 Å². The number of likely N-dealkylation sites (tertiary alicyclic amines) is 1. The van der Waals surface area contributed by atoms with Gasteiger partial charge in [-0.1, -0.05) is 0 Å². The summed E-state index contributed by atoms with van der Waals surface area (Å²) < 4.78 is 5.58. The summed E-state index contributed by atoms with van der Waals surface area (Å²) >= 11 is 0. The van der Waals surface area contributed by atoms with Gasteiger partial charge in [0.1, 0.15) is 0 Å². The van der Waals surface area contributed by atoms with Crippen LogP contribution in [0.15, 0.2) is 0 Å². The number of nitrogens with zero attached hydrogens (tertiary/aromatic N) is 1. The molecule has 3 nitrogen and oxygen atoms in total. The number of aliphatic hydroxyl groups excluding tert-OH is 1. The molecular formula is C14H25NO2. The van der Waals surface area contributed by atoms with Crippen molar-refractivity contribution in [2.24, 2.45) is 17.3 Å². The molecule has 2 saturated heterocycles. The molecule has 1 saturated carbocycles. The Hall–Kier alpha value is -0.120. The minimum Gasteiger partial charge on any atom is -0.393 e. The molecule has 98 valence electrons. The van der Waals surface area contributed by atoms with Crippen LogP contribution in [0, 0.1) is 17.3 Å². The zero-order valence-corrected chi connectivity index (χ0v) is 10.9. The molecule has 1 atom stereocenters. The molecule has 0 aromatic carbocycles. The fourth-order valence-electron chi connectivity index (χ4n) is 4.20. The molecule has 0 bridgehead atoms. The van der Waals surface area contributed by atoms with E-state index in [0.29, 0.717) is 5.41 Å². The van der Waals surface area contributed by atoms with Gasteiger partial charge in [-0.2, -0.15) is 0 Å². The molecule has 0 aromatic heterocycles. The summed E-state index contributed by atoms with van der Waals surface area (Å²) in [6, 6.07) is 0. The highest BCUT2D eigenvalue weighted by Gasteiger charge is 2.52. The second kappa shape index (κ2) is 4.52. The Morgan fingerprint density at radius 3 is 2.24 bits per heavy atom. The molecular weight excluding hydrogens is 214 g/mol. The van der Waals surface area contributed by atoms with Crippen LogP contribution >= 0.6 is 0 Å². The molecule has 0 amide bonds. The first-order valence-corrected chi connectivity index (χ1v) is 7.15. The first-order chi connectivity index (χ1) is 8.21. The van der Waals surface area contributed by atoms with Crippen molar-refractivity contribution in [3.63, 3.8) is 0 Å². The summed E-state index contributed by atoms with van der Waals surface area (Å²) in [4.78, 5) is 2.46. The number of aliphatic hydroxyl groups is 1. The fraction of sp³-hybridized carbons (Fsp3) is 1.00. The lowest BCUT2D eigenvalue weighted by molar-refractivity contribution is -0.185. The van der Waals surface area contributed by atoms with E-state index in [9.17, 15) is 5.11 Å². The average Bonchev–Trinajstić information content (AvgIpc) is 2.67. The molecule has 0 aromatic rings. The second-order valence-electron chi connectivity index (χ2n) is 6.48.